The van der Waals surface area contributed by atoms with E-state index < -0.39 is 6.10 Å². The third-order valence-corrected chi connectivity index (χ3v) is 3.87. The monoisotopic (exact) mass is 279 g/mol. The number of rotatable bonds is 2. The van der Waals surface area contributed by atoms with Crippen LogP contribution in [-0.2, 0) is 0 Å². The van der Waals surface area contributed by atoms with Crippen LogP contribution in [0.3, 0.4) is 0 Å². The highest BCUT2D eigenvalue weighted by Gasteiger charge is 2.12. The van der Waals surface area contributed by atoms with Crippen molar-refractivity contribution in [3.05, 3.63) is 41.1 Å². The van der Waals surface area contributed by atoms with Gasteiger partial charge in [0.2, 0.25) is 0 Å². The van der Waals surface area contributed by atoms with E-state index in [1.807, 2.05) is 24.3 Å². The van der Waals surface area contributed by atoms with Crippen LogP contribution >= 0.6 is 22.9 Å². The zero-order valence-electron chi connectivity index (χ0n) is 9.55. The molecule has 0 spiro atoms. The van der Waals surface area contributed by atoms with E-state index in [-0.39, 0.29) is 0 Å². The predicted octanol–water partition coefficient (Wildman–Crippen LogP) is 4.26. The number of aliphatic hydroxyl groups is 1. The maximum atomic E-state index is 9.43. The summed E-state index contributed by atoms with van der Waals surface area (Å²) in [5.74, 6) is 1.21. The number of halogens is 1. The van der Waals surface area contributed by atoms with Crippen molar-refractivity contribution in [3.63, 3.8) is 0 Å². The number of fused-ring (bicyclic) bond motifs is 1. The van der Waals surface area contributed by atoms with Crippen molar-refractivity contribution in [3.8, 4) is 10.8 Å². The van der Waals surface area contributed by atoms with Crippen molar-refractivity contribution in [2.24, 2.45) is 0 Å². The van der Waals surface area contributed by atoms with E-state index in [0.717, 1.165) is 15.2 Å². The van der Waals surface area contributed by atoms with Crippen LogP contribution in [0.15, 0.2) is 34.7 Å². The second-order valence-electron chi connectivity index (χ2n) is 4.01. The third-order valence-electron chi connectivity index (χ3n) is 2.60. The summed E-state index contributed by atoms with van der Waals surface area (Å²) < 4.78 is 6.58. The minimum Gasteiger partial charge on any atom is -0.456 e. The molecule has 0 fully saturated rings. The van der Waals surface area contributed by atoms with E-state index >= 15 is 0 Å². The van der Waals surface area contributed by atoms with E-state index in [4.69, 9.17) is 16.0 Å². The van der Waals surface area contributed by atoms with Gasteiger partial charge in [-0.1, -0.05) is 11.6 Å². The van der Waals surface area contributed by atoms with Crippen molar-refractivity contribution < 1.29 is 9.52 Å². The average Bonchev–Trinajstić information content (AvgIpc) is 2.93. The van der Waals surface area contributed by atoms with Crippen LogP contribution in [0, 0.1) is 0 Å². The first-order chi connectivity index (χ1) is 8.63. The highest BCUT2D eigenvalue weighted by Crippen LogP contribution is 2.33. The number of benzene rings is 1. The number of hydrogen-bond acceptors (Lipinski definition) is 4. The molecule has 2 heterocycles. The fraction of sp³-hybridized carbons (Fsp3) is 0.154. The molecule has 0 unspecified atom stereocenters. The molecule has 2 aromatic heterocycles. The van der Waals surface area contributed by atoms with E-state index in [1.165, 1.54) is 11.3 Å². The average molecular weight is 280 g/mol. The van der Waals surface area contributed by atoms with Gasteiger partial charge in [0, 0.05) is 5.02 Å². The molecule has 0 saturated carbocycles. The van der Waals surface area contributed by atoms with Gasteiger partial charge in [-0.05, 0) is 37.3 Å². The molecule has 0 amide bonds. The summed E-state index contributed by atoms with van der Waals surface area (Å²) in [6.45, 7) is 1.67. The number of aromatic nitrogens is 1. The first-order valence-corrected chi connectivity index (χ1v) is 6.67. The first kappa shape index (κ1) is 11.7. The van der Waals surface area contributed by atoms with Crippen LogP contribution in [0.5, 0.6) is 0 Å². The Balaban J connectivity index is 2.07. The van der Waals surface area contributed by atoms with Crippen molar-refractivity contribution in [2.45, 2.75) is 13.0 Å². The maximum Gasteiger partial charge on any atom is 0.163 e. The molecule has 0 aliphatic carbocycles. The fourth-order valence-corrected chi connectivity index (χ4v) is 2.90. The molecule has 0 aliphatic heterocycles. The number of aliphatic hydroxyl groups excluding tert-OH is 1. The summed E-state index contributed by atoms with van der Waals surface area (Å²) in [5.41, 5.74) is 0.898. The zero-order valence-corrected chi connectivity index (χ0v) is 11.1. The molecule has 0 radical (unpaired) electrons. The molecule has 3 rings (SSSR count). The van der Waals surface area contributed by atoms with E-state index in [1.54, 1.807) is 13.0 Å². The predicted molar refractivity (Wildman–Crippen MR) is 73.0 cm³/mol. The Morgan fingerprint density at radius 2 is 2.17 bits per heavy atom. The minimum absolute atomic E-state index is 0.544. The molecule has 1 aromatic carbocycles. The normalized spacial score (nSPS) is 13.1. The summed E-state index contributed by atoms with van der Waals surface area (Å²) in [4.78, 5) is 4.48. The molecule has 3 nitrogen and oxygen atoms in total. The van der Waals surface area contributed by atoms with Gasteiger partial charge in [0.1, 0.15) is 11.9 Å². The van der Waals surface area contributed by atoms with Crippen LogP contribution in [-0.4, -0.2) is 10.1 Å². The summed E-state index contributed by atoms with van der Waals surface area (Å²) >= 11 is 7.46. The lowest BCUT2D eigenvalue weighted by Crippen LogP contribution is -1.85. The standard InChI is InChI=1S/C13H10ClNO2S/c1-7(16)10-4-5-11(17-10)13-15-9-3-2-8(14)6-12(9)18-13/h2-7,16H,1H3/t7-/m0/s1. The highest BCUT2D eigenvalue weighted by molar-refractivity contribution is 7.21. The Hall–Kier alpha value is -1.36. The highest BCUT2D eigenvalue weighted by atomic mass is 35.5. The van der Waals surface area contributed by atoms with Crippen LogP contribution in [0.4, 0.5) is 0 Å². The van der Waals surface area contributed by atoms with Crippen molar-refractivity contribution in [1.82, 2.24) is 4.98 Å². The van der Waals surface area contributed by atoms with Gasteiger partial charge in [-0.3, -0.25) is 0 Å². The third kappa shape index (κ3) is 2.03. The van der Waals surface area contributed by atoms with Gasteiger partial charge in [-0.2, -0.15) is 0 Å². The Kier molecular flexibility index (Phi) is 2.86. The Bertz CT molecular complexity index is 702. The molecule has 92 valence electrons. The van der Waals surface area contributed by atoms with Crippen LogP contribution in [0.2, 0.25) is 5.02 Å². The molecule has 1 atom stereocenters. The molecule has 0 aliphatic rings. The zero-order chi connectivity index (χ0) is 12.7. The number of hydrogen-bond donors (Lipinski definition) is 1. The molecular formula is C13H10ClNO2S. The quantitative estimate of drug-likeness (QED) is 0.762. The molecule has 0 saturated heterocycles. The number of thiazole rings is 1. The van der Waals surface area contributed by atoms with Gasteiger partial charge in [0.25, 0.3) is 0 Å². The van der Waals surface area contributed by atoms with E-state index in [0.29, 0.717) is 16.5 Å². The van der Waals surface area contributed by atoms with E-state index in [2.05, 4.69) is 4.98 Å². The summed E-state index contributed by atoms with van der Waals surface area (Å²) in [6.07, 6.45) is -0.609. The maximum absolute atomic E-state index is 9.43. The molecule has 3 aromatic rings. The Morgan fingerprint density at radius 3 is 2.89 bits per heavy atom. The fourth-order valence-electron chi connectivity index (χ4n) is 1.70. The second-order valence-corrected chi connectivity index (χ2v) is 5.48. The van der Waals surface area contributed by atoms with Gasteiger partial charge in [-0.15, -0.1) is 11.3 Å². The lowest BCUT2D eigenvalue weighted by molar-refractivity contribution is 0.170. The van der Waals surface area contributed by atoms with Crippen molar-refractivity contribution in [2.75, 3.05) is 0 Å². The molecule has 1 N–H and O–H groups in total. The van der Waals surface area contributed by atoms with Crippen LogP contribution < -0.4 is 0 Å². The van der Waals surface area contributed by atoms with Gasteiger partial charge < -0.3 is 9.52 Å². The smallest absolute Gasteiger partial charge is 0.163 e. The number of nitrogens with zero attached hydrogens (tertiary/aromatic N) is 1. The lowest BCUT2D eigenvalue weighted by atomic mass is 10.3. The van der Waals surface area contributed by atoms with Gasteiger partial charge in [0.15, 0.2) is 10.8 Å². The summed E-state index contributed by atoms with van der Waals surface area (Å²) in [7, 11) is 0. The molecule has 0 bridgehead atoms. The van der Waals surface area contributed by atoms with Crippen molar-refractivity contribution >= 4 is 33.2 Å². The lowest BCUT2D eigenvalue weighted by Gasteiger charge is -1.96. The second kappa shape index (κ2) is 4.39. The van der Waals surface area contributed by atoms with Crippen LogP contribution in [0.25, 0.3) is 21.0 Å². The van der Waals surface area contributed by atoms with Gasteiger partial charge in [-0.25, -0.2) is 4.98 Å². The summed E-state index contributed by atoms with van der Waals surface area (Å²) in [6, 6.07) is 9.17. The molecule has 5 heteroatoms. The van der Waals surface area contributed by atoms with Crippen LogP contribution in [0.1, 0.15) is 18.8 Å². The Morgan fingerprint density at radius 1 is 1.33 bits per heavy atom. The first-order valence-electron chi connectivity index (χ1n) is 5.48. The van der Waals surface area contributed by atoms with Gasteiger partial charge in [0.05, 0.1) is 10.2 Å². The SMILES string of the molecule is C[C@H](O)c1ccc(-c2nc3ccc(Cl)cc3s2)o1. The number of furan rings is 1. The van der Waals surface area contributed by atoms with Gasteiger partial charge >= 0.3 is 0 Å². The van der Waals surface area contributed by atoms with E-state index in [9.17, 15) is 5.11 Å². The largest absolute Gasteiger partial charge is 0.456 e. The van der Waals surface area contributed by atoms with Crippen molar-refractivity contribution in [1.29, 1.82) is 0 Å². The Labute approximate surface area is 113 Å². The molecular weight excluding hydrogens is 270 g/mol. The topological polar surface area (TPSA) is 46.3 Å². The summed E-state index contributed by atoms with van der Waals surface area (Å²) in [5, 5.41) is 10.9. The minimum atomic E-state index is -0.609. The molecule has 18 heavy (non-hydrogen) atoms.